The number of carboxylic acids is 1. The number of halogens is 1. The lowest BCUT2D eigenvalue weighted by Gasteiger charge is -2.22. The molecule has 3 aromatic rings. The number of para-hydroxylation sites is 1. The van der Waals surface area contributed by atoms with E-state index >= 15 is 0 Å². The van der Waals surface area contributed by atoms with E-state index in [2.05, 4.69) is 11.1 Å². The Morgan fingerprint density at radius 2 is 1.94 bits per heavy atom. The molecule has 0 saturated heterocycles. The molecule has 0 saturated carbocycles. The number of pyridine rings is 1. The fourth-order valence-electron chi connectivity index (χ4n) is 3.53. The van der Waals surface area contributed by atoms with Crippen molar-refractivity contribution in [3.05, 3.63) is 75.9 Å². The van der Waals surface area contributed by atoms with Gasteiger partial charge in [0.2, 0.25) is 0 Å². The summed E-state index contributed by atoms with van der Waals surface area (Å²) in [6.07, 6.45) is 1.84. The van der Waals surface area contributed by atoms with Crippen LogP contribution in [-0.4, -0.2) is 35.6 Å². The van der Waals surface area contributed by atoms with Crippen LogP contribution in [0.2, 0.25) is 5.02 Å². The standard InChI is InChI=1S/C26H24ClN3O4/c1-16-11-18(14-28)25(29-15-16)19-12-20(23(13-21(19)27)34-10-6-9-24(31)32)26(33)30(3)22-8-5-4-7-17(22)2/h4-5,7-8,11-13,15H,6,9-10H2,1-3H3,(H,31,32). The van der Waals surface area contributed by atoms with Crippen LogP contribution in [0, 0.1) is 25.2 Å². The van der Waals surface area contributed by atoms with Crippen LogP contribution in [0.25, 0.3) is 11.3 Å². The Morgan fingerprint density at radius 3 is 2.62 bits per heavy atom. The summed E-state index contributed by atoms with van der Waals surface area (Å²) in [6.45, 7) is 3.84. The van der Waals surface area contributed by atoms with E-state index in [0.717, 1.165) is 16.8 Å². The fourth-order valence-corrected chi connectivity index (χ4v) is 3.77. The lowest BCUT2D eigenvalue weighted by atomic mass is 10.0. The molecule has 1 amide bonds. The summed E-state index contributed by atoms with van der Waals surface area (Å²) < 4.78 is 5.79. The number of nitrogens with zero attached hydrogens (tertiary/aromatic N) is 3. The Bertz CT molecular complexity index is 1280. The molecule has 1 N–H and O–H groups in total. The van der Waals surface area contributed by atoms with E-state index in [-0.39, 0.29) is 41.7 Å². The number of carbonyl (C=O) groups is 2. The van der Waals surface area contributed by atoms with Crippen LogP contribution >= 0.6 is 11.6 Å². The Hall–Kier alpha value is -3.89. The Balaban J connectivity index is 2.09. The van der Waals surface area contributed by atoms with Crippen molar-refractivity contribution in [2.24, 2.45) is 0 Å². The first kappa shape index (κ1) is 24.7. The number of amides is 1. The molecule has 0 atom stereocenters. The maximum absolute atomic E-state index is 13.6. The molecule has 0 aliphatic rings. The number of aromatic nitrogens is 1. The van der Waals surface area contributed by atoms with Gasteiger partial charge >= 0.3 is 5.97 Å². The van der Waals surface area contributed by atoms with E-state index in [4.69, 9.17) is 21.4 Å². The zero-order valence-electron chi connectivity index (χ0n) is 19.1. The van der Waals surface area contributed by atoms with Crippen molar-refractivity contribution in [1.82, 2.24) is 4.98 Å². The number of anilines is 1. The van der Waals surface area contributed by atoms with E-state index in [1.54, 1.807) is 25.4 Å². The summed E-state index contributed by atoms with van der Waals surface area (Å²) >= 11 is 6.55. The maximum atomic E-state index is 13.6. The van der Waals surface area contributed by atoms with Gasteiger partial charge in [0.05, 0.1) is 28.5 Å². The largest absolute Gasteiger partial charge is 0.493 e. The van der Waals surface area contributed by atoms with Crippen molar-refractivity contribution >= 4 is 29.2 Å². The van der Waals surface area contributed by atoms with Gasteiger partial charge in [-0.25, -0.2) is 0 Å². The predicted octanol–water partition coefficient (Wildman–Crippen LogP) is 5.41. The van der Waals surface area contributed by atoms with E-state index in [1.165, 1.54) is 11.0 Å². The van der Waals surface area contributed by atoms with Gasteiger partial charge in [0.25, 0.3) is 5.91 Å². The van der Waals surface area contributed by atoms with Crippen molar-refractivity contribution in [3.8, 4) is 23.1 Å². The number of hydrogen-bond acceptors (Lipinski definition) is 5. The molecule has 0 unspecified atom stereocenters. The van der Waals surface area contributed by atoms with Crippen molar-refractivity contribution in [3.63, 3.8) is 0 Å². The van der Waals surface area contributed by atoms with Gasteiger partial charge in [0, 0.05) is 37.0 Å². The summed E-state index contributed by atoms with van der Waals surface area (Å²) in [5, 5.41) is 18.7. The number of aryl methyl sites for hydroxylation is 2. The third-order valence-corrected chi connectivity index (χ3v) is 5.59. The third kappa shape index (κ3) is 5.53. The first-order valence-corrected chi connectivity index (χ1v) is 11.0. The number of rotatable bonds is 8. The molecule has 0 bridgehead atoms. The van der Waals surface area contributed by atoms with Crippen LogP contribution < -0.4 is 9.64 Å². The monoisotopic (exact) mass is 477 g/mol. The fraction of sp³-hybridized carbons (Fsp3) is 0.231. The van der Waals surface area contributed by atoms with E-state index < -0.39 is 5.97 Å². The van der Waals surface area contributed by atoms with Crippen LogP contribution in [-0.2, 0) is 4.79 Å². The summed E-state index contributed by atoms with van der Waals surface area (Å²) in [4.78, 5) is 30.3. The average Bonchev–Trinajstić information content (AvgIpc) is 2.81. The maximum Gasteiger partial charge on any atom is 0.303 e. The number of hydrogen-bond donors (Lipinski definition) is 1. The number of aliphatic carboxylic acids is 1. The van der Waals surface area contributed by atoms with Crippen LogP contribution in [0.5, 0.6) is 5.75 Å². The van der Waals surface area contributed by atoms with E-state index in [0.29, 0.717) is 16.8 Å². The lowest BCUT2D eigenvalue weighted by Crippen LogP contribution is -2.27. The molecule has 1 aromatic heterocycles. The topological polar surface area (TPSA) is 104 Å². The highest BCUT2D eigenvalue weighted by atomic mass is 35.5. The molecular formula is C26H24ClN3O4. The van der Waals surface area contributed by atoms with Crippen molar-refractivity contribution in [2.75, 3.05) is 18.6 Å². The minimum absolute atomic E-state index is 0.0585. The highest BCUT2D eigenvalue weighted by Crippen LogP contribution is 2.36. The number of benzene rings is 2. The minimum atomic E-state index is -0.929. The highest BCUT2D eigenvalue weighted by molar-refractivity contribution is 6.33. The molecule has 0 radical (unpaired) electrons. The molecule has 0 fully saturated rings. The molecule has 1 heterocycles. The second kappa shape index (κ2) is 10.8. The molecule has 0 aliphatic heterocycles. The van der Waals surface area contributed by atoms with Gasteiger partial charge in [-0.05, 0) is 49.6 Å². The van der Waals surface area contributed by atoms with Crippen LogP contribution in [0.1, 0.15) is 39.9 Å². The molecule has 8 heteroatoms. The van der Waals surface area contributed by atoms with Crippen LogP contribution in [0.15, 0.2) is 48.7 Å². The molecule has 2 aromatic carbocycles. The zero-order chi connectivity index (χ0) is 24.8. The van der Waals surface area contributed by atoms with Gasteiger partial charge in [-0.15, -0.1) is 0 Å². The second-order valence-electron chi connectivity index (χ2n) is 7.85. The number of carboxylic acid groups (broad SMARTS) is 1. The first-order chi connectivity index (χ1) is 16.2. The van der Waals surface area contributed by atoms with Crippen LogP contribution in [0.4, 0.5) is 5.69 Å². The van der Waals surface area contributed by atoms with Gasteiger partial charge in [0.1, 0.15) is 11.8 Å². The van der Waals surface area contributed by atoms with Gasteiger partial charge in [-0.2, -0.15) is 5.26 Å². The van der Waals surface area contributed by atoms with E-state index in [9.17, 15) is 14.9 Å². The van der Waals surface area contributed by atoms with Gasteiger partial charge in [0.15, 0.2) is 0 Å². The smallest absolute Gasteiger partial charge is 0.303 e. The zero-order valence-corrected chi connectivity index (χ0v) is 19.9. The number of ether oxygens (including phenoxy) is 1. The van der Waals surface area contributed by atoms with Crippen molar-refractivity contribution in [2.45, 2.75) is 26.7 Å². The molecule has 34 heavy (non-hydrogen) atoms. The molecular weight excluding hydrogens is 454 g/mol. The molecule has 0 aliphatic carbocycles. The summed E-state index contributed by atoms with van der Waals surface area (Å²) in [5.41, 5.74) is 3.83. The average molecular weight is 478 g/mol. The summed E-state index contributed by atoms with van der Waals surface area (Å²) in [5.74, 6) is -1.04. The molecule has 7 nitrogen and oxygen atoms in total. The van der Waals surface area contributed by atoms with Gasteiger partial charge < -0.3 is 14.7 Å². The van der Waals surface area contributed by atoms with Gasteiger partial charge in [-0.1, -0.05) is 29.8 Å². The van der Waals surface area contributed by atoms with Crippen molar-refractivity contribution < 1.29 is 19.4 Å². The second-order valence-corrected chi connectivity index (χ2v) is 8.25. The summed E-state index contributed by atoms with van der Waals surface area (Å²) in [7, 11) is 1.66. The Morgan fingerprint density at radius 1 is 1.21 bits per heavy atom. The number of nitriles is 1. The molecule has 3 rings (SSSR count). The van der Waals surface area contributed by atoms with Crippen molar-refractivity contribution in [1.29, 1.82) is 5.26 Å². The predicted molar refractivity (Wildman–Crippen MR) is 130 cm³/mol. The quantitative estimate of drug-likeness (QED) is 0.435. The Labute approximate surface area is 203 Å². The first-order valence-electron chi connectivity index (χ1n) is 10.6. The molecule has 0 spiro atoms. The highest BCUT2D eigenvalue weighted by Gasteiger charge is 2.23. The minimum Gasteiger partial charge on any atom is -0.493 e. The Kier molecular flexibility index (Phi) is 7.87. The molecule has 174 valence electrons. The number of carbonyl (C=O) groups excluding carboxylic acids is 1. The van der Waals surface area contributed by atoms with Crippen LogP contribution in [0.3, 0.4) is 0 Å². The normalized spacial score (nSPS) is 10.4. The SMILES string of the molecule is Cc1cnc(-c2cc(C(=O)N(C)c3ccccc3C)c(OCCCC(=O)O)cc2Cl)c(C#N)c1. The lowest BCUT2D eigenvalue weighted by molar-refractivity contribution is -0.137. The van der Waals surface area contributed by atoms with Gasteiger partial charge in [-0.3, -0.25) is 14.6 Å². The summed E-state index contributed by atoms with van der Waals surface area (Å²) in [6, 6.07) is 14.4. The third-order valence-electron chi connectivity index (χ3n) is 5.27. The van der Waals surface area contributed by atoms with E-state index in [1.807, 2.05) is 38.1 Å².